The Morgan fingerprint density at radius 3 is 1.62 bits per heavy atom. The molecule has 0 aliphatic rings. The lowest BCUT2D eigenvalue weighted by Gasteiger charge is -2.33. The zero-order valence-electron chi connectivity index (χ0n) is 18.5. The molecule has 0 bridgehead atoms. The molecule has 5 heteroatoms. The number of ketones is 1. The van der Waals surface area contributed by atoms with Crippen molar-refractivity contribution < 1.29 is 14.3 Å². The summed E-state index contributed by atoms with van der Waals surface area (Å²) in [6.07, 6.45) is 2.33. The van der Waals surface area contributed by atoms with Gasteiger partial charge in [-0.3, -0.25) is 14.5 Å². The van der Waals surface area contributed by atoms with Crippen LogP contribution < -0.4 is 0 Å². The Hall–Kier alpha value is -2.89. The van der Waals surface area contributed by atoms with E-state index in [2.05, 4.69) is 29.2 Å². The molecule has 0 saturated heterocycles. The van der Waals surface area contributed by atoms with Crippen molar-refractivity contribution in [2.75, 3.05) is 6.26 Å². The fraction of sp³-hybridized carbons (Fsp3) is 0.259. The first-order chi connectivity index (χ1) is 15.6. The second-order valence-corrected chi connectivity index (χ2v) is 8.56. The highest BCUT2D eigenvalue weighted by molar-refractivity contribution is 7.99. The Balaban J connectivity index is 1.97. The van der Waals surface area contributed by atoms with E-state index in [9.17, 15) is 9.59 Å². The third-order valence-electron chi connectivity index (χ3n) is 5.22. The van der Waals surface area contributed by atoms with Crippen LogP contribution in [0.25, 0.3) is 0 Å². The van der Waals surface area contributed by atoms with Gasteiger partial charge in [0.25, 0.3) is 0 Å². The minimum Gasteiger partial charge on any atom is -0.443 e. The molecule has 2 atom stereocenters. The van der Waals surface area contributed by atoms with Gasteiger partial charge in [0.15, 0.2) is 0 Å². The third kappa shape index (κ3) is 7.08. The maximum atomic E-state index is 13.7. The van der Waals surface area contributed by atoms with Crippen LogP contribution >= 0.6 is 11.8 Å². The van der Waals surface area contributed by atoms with Crippen LogP contribution in [0.2, 0.25) is 0 Å². The van der Waals surface area contributed by atoms with Gasteiger partial charge in [0.05, 0.1) is 6.04 Å². The summed E-state index contributed by atoms with van der Waals surface area (Å²) in [5, 5.41) is 0. The first kappa shape index (κ1) is 23.8. The lowest BCUT2D eigenvalue weighted by atomic mass is 9.99. The summed E-state index contributed by atoms with van der Waals surface area (Å²) in [6.45, 7) is 2.56. The van der Waals surface area contributed by atoms with Gasteiger partial charge in [-0.25, -0.2) is 0 Å². The van der Waals surface area contributed by atoms with Gasteiger partial charge in [-0.15, -0.1) is 11.8 Å². The zero-order chi connectivity index (χ0) is 22.8. The van der Waals surface area contributed by atoms with E-state index in [4.69, 9.17) is 4.74 Å². The van der Waals surface area contributed by atoms with Crippen molar-refractivity contribution in [2.24, 2.45) is 0 Å². The monoisotopic (exact) mass is 447 g/mol. The summed E-state index contributed by atoms with van der Waals surface area (Å²) >= 11 is 1.26. The molecule has 3 aromatic rings. The predicted octanol–water partition coefficient (Wildman–Crippen LogP) is 5.12. The number of nitrogens with zero attached hydrogens (tertiary/aromatic N) is 1. The summed E-state index contributed by atoms with van der Waals surface area (Å²) < 4.78 is 5.38. The number of carbonyl (C=O) groups excluding carboxylic acids is 2. The van der Waals surface area contributed by atoms with Crippen molar-refractivity contribution in [2.45, 2.75) is 37.9 Å². The third-order valence-corrected chi connectivity index (χ3v) is 5.97. The predicted molar refractivity (Wildman–Crippen MR) is 130 cm³/mol. The second-order valence-electron chi connectivity index (χ2n) is 7.66. The van der Waals surface area contributed by atoms with Gasteiger partial charge in [0, 0.05) is 20.0 Å². The van der Waals surface area contributed by atoms with Crippen molar-refractivity contribution in [3.63, 3.8) is 0 Å². The van der Waals surface area contributed by atoms with Gasteiger partial charge in [-0.2, -0.15) is 0 Å². The first-order valence-corrected chi connectivity index (χ1v) is 11.9. The van der Waals surface area contributed by atoms with Crippen LogP contribution in [-0.2, 0) is 33.8 Å². The molecule has 0 unspecified atom stereocenters. The maximum Gasteiger partial charge on any atom is 0.304 e. The quantitative estimate of drug-likeness (QED) is 0.302. The highest BCUT2D eigenvalue weighted by atomic mass is 32.2. The van der Waals surface area contributed by atoms with Crippen LogP contribution in [0.5, 0.6) is 0 Å². The Bertz CT molecular complexity index is 938. The fourth-order valence-electron chi connectivity index (χ4n) is 3.69. The average Bonchev–Trinajstić information content (AvgIpc) is 2.82. The van der Waals surface area contributed by atoms with E-state index in [-0.39, 0.29) is 5.78 Å². The molecule has 0 N–H and O–H groups in total. The van der Waals surface area contributed by atoms with E-state index in [0.29, 0.717) is 19.5 Å². The van der Waals surface area contributed by atoms with Crippen LogP contribution in [0.15, 0.2) is 91.0 Å². The smallest absolute Gasteiger partial charge is 0.304 e. The summed E-state index contributed by atoms with van der Waals surface area (Å²) in [7, 11) is 0. The molecule has 0 aliphatic heterocycles. The second kappa shape index (κ2) is 12.2. The van der Waals surface area contributed by atoms with Gasteiger partial charge in [-0.1, -0.05) is 91.0 Å². The molecule has 32 heavy (non-hydrogen) atoms. The Morgan fingerprint density at radius 1 is 0.781 bits per heavy atom. The highest BCUT2D eigenvalue weighted by Crippen LogP contribution is 2.22. The van der Waals surface area contributed by atoms with Gasteiger partial charge in [-0.05, 0) is 29.4 Å². The summed E-state index contributed by atoms with van der Waals surface area (Å²) in [6, 6.07) is 29.8. The van der Waals surface area contributed by atoms with Crippen LogP contribution in [0.1, 0.15) is 23.6 Å². The molecule has 0 aromatic heterocycles. The molecule has 0 saturated carbocycles. The van der Waals surface area contributed by atoms with Crippen LogP contribution in [0.3, 0.4) is 0 Å². The van der Waals surface area contributed by atoms with E-state index in [1.54, 1.807) is 6.26 Å². The fourth-order valence-corrected chi connectivity index (χ4v) is 4.31. The van der Waals surface area contributed by atoms with Gasteiger partial charge < -0.3 is 4.74 Å². The number of esters is 1. The van der Waals surface area contributed by atoms with Crippen molar-refractivity contribution in [1.29, 1.82) is 0 Å². The molecule has 0 heterocycles. The topological polar surface area (TPSA) is 46.6 Å². The van der Waals surface area contributed by atoms with E-state index < -0.39 is 17.4 Å². The number of thioether (sulfide) groups is 1. The molecule has 3 rings (SSSR count). The van der Waals surface area contributed by atoms with Gasteiger partial charge >= 0.3 is 5.97 Å². The van der Waals surface area contributed by atoms with E-state index in [0.717, 1.165) is 16.7 Å². The standard InChI is InChI=1S/C27H29NO3S/c1-21(29)31-27(32-2)26(30)25(18-22-12-6-3-7-13-22)28(19-23-14-8-4-9-15-23)20-24-16-10-5-11-17-24/h3-17,25,27H,18-20H2,1-2H3/t25-,27-/m0/s1. The SMILES string of the molecule is CS[C@H](OC(C)=O)C(=O)[C@H](Cc1ccccc1)N(Cc1ccccc1)Cc1ccccc1. The average molecular weight is 448 g/mol. The van der Waals surface area contributed by atoms with Gasteiger partial charge in [0.2, 0.25) is 11.2 Å². The Kier molecular flexibility index (Phi) is 9.08. The molecule has 0 radical (unpaired) electrons. The molecule has 0 fully saturated rings. The van der Waals surface area contributed by atoms with Crippen molar-refractivity contribution in [3.05, 3.63) is 108 Å². The van der Waals surface area contributed by atoms with Crippen LogP contribution in [0, 0.1) is 0 Å². The Morgan fingerprint density at radius 2 is 1.22 bits per heavy atom. The molecular formula is C27H29NO3S. The molecule has 0 amide bonds. The van der Waals surface area contributed by atoms with Crippen molar-refractivity contribution in [1.82, 2.24) is 4.90 Å². The van der Waals surface area contributed by atoms with Crippen molar-refractivity contribution >= 4 is 23.5 Å². The number of carbonyl (C=O) groups is 2. The molecule has 3 aromatic carbocycles. The maximum absolute atomic E-state index is 13.7. The Labute approximate surface area is 194 Å². The van der Waals surface area contributed by atoms with Crippen LogP contribution in [0.4, 0.5) is 0 Å². The normalized spacial score (nSPS) is 12.8. The molecule has 0 spiro atoms. The zero-order valence-corrected chi connectivity index (χ0v) is 19.3. The molecule has 166 valence electrons. The largest absolute Gasteiger partial charge is 0.443 e. The minimum absolute atomic E-state index is 0.0941. The minimum atomic E-state index is -0.838. The van der Waals surface area contributed by atoms with E-state index in [1.165, 1.54) is 18.7 Å². The summed E-state index contributed by atoms with van der Waals surface area (Å²) in [4.78, 5) is 27.5. The number of ether oxygens (including phenoxy) is 1. The summed E-state index contributed by atoms with van der Waals surface area (Å²) in [5.41, 5.74) is 2.49. The number of hydrogen-bond donors (Lipinski definition) is 0. The lowest BCUT2D eigenvalue weighted by molar-refractivity contribution is -0.149. The molecule has 4 nitrogen and oxygen atoms in total. The lowest BCUT2D eigenvalue weighted by Crippen LogP contribution is -2.46. The van der Waals surface area contributed by atoms with Crippen molar-refractivity contribution in [3.8, 4) is 0 Å². The van der Waals surface area contributed by atoms with Gasteiger partial charge in [0.1, 0.15) is 0 Å². The number of Topliss-reactive ketones (excluding diaryl/α,β-unsaturated/α-hetero) is 1. The number of rotatable bonds is 11. The number of hydrogen-bond acceptors (Lipinski definition) is 5. The van der Waals surface area contributed by atoms with Crippen LogP contribution in [-0.4, -0.2) is 34.4 Å². The number of benzene rings is 3. The summed E-state index contributed by atoms with van der Waals surface area (Å²) in [5.74, 6) is -0.544. The van der Waals surface area contributed by atoms with E-state index in [1.807, 2.05) is 66.7 Å². The van der Waals surface area contributed by atoms with E-state index >= 15 is 0 Å². The molecule has 0 aliphatic carbocycles. The molecular weight excluding hydrogens is 418 g/mol. The first-order valence-electron chi connectivity index (χ1n) is 10.7. The highest BCUT2D eigenvalue weighted by Gasteiger charge is 2.33.